The molecule has 0 saturated carbocycles. The van der Waals surface area contributed by atoms with Gasteiger partial charge in [0, 0.05) is 19.5 Å². The van der Waals surface area contributed by atoms with Crippen molar-refractivity contribution >= 4 is 17.7 Å². The summed E-state index contributed by atoms with van der Waals surface area (Å²) >= 11 is 1.36. The van der Waals surface area contributed by atoms with Crippen LogP contribution in [0.3, 0.4) is 0 Å². The van der Waals surface area contributed by atoms with Crippen molar-refractivity contribution in [2.45, 2.75) is 32.3 Å². The summed E-state index contributed by atoms with van der Waals surface area (Å²) in [5.74, 6) is 1.30. The van der Waals surface area contributed by atoms with Crippen LogP contribution in [0.2, 0.25) is 0 Å². The van der Waals surface area contributed by atoms with Crippen LogP contribution in [0.5, 0.6) is 0 Å². The maximum Gasteiger partial charge on any atom is 0.233 e. The Labute approximate surface area is 112 Å². The van der Waals surface area contributed by atoms with Crippen molar-refractivity contribution in [1.82, 2.24) is 20.1 Å². The molecule has 100 valence electrons. The van der Waals surface area contributed by atoms with Crippen LogP contribution in [0.1, 0.15) is 26.6 Å². The summed E-state index contributed by atoms with van der Waals surface area (Å²) in [7, 11) is 0. The van der Waals surface area contributed by atoms with E-state index in [9.17, 15) is 4.79 Å². The number of nitrogens with one attached hydrogen (secondary N) is 1. The minimum absolute atomic E-state index is 0.0911. The highest BCUT2D eigenvalue weighted by Gasteiger charge is 2.13. The Kier molecular flexibility index (Phi) is 5.91. The number of aromatic nitrogens is 3. The van der Waals surface area contributed by atoms with Gasteiger partial charge in [-0.1, -0.05) is 30.8 Å². The SMILES string of the molecule is C=C(C)CN(CC)C(=O)CSc1n[nH]c(CC)n1. The zero-order valence-electron chi connectivity index (χ0n) is 11.2. The molecule has 1 aromatic rings. The number of carbonyl (C=O) groups is 1. The number of likely N-dealkylation sites (N-methyl/N-ethyl adjacent to an activating group) is 1. The lowest BCUT2D eigenvalue weighted by Gasteiger charge is -2.20. The summed E-state index contributed by atoms with van der Waals surface area (Å²) in [6, 6.07) is 0. The fourth-order valence-corrected chi connectivity index (χ4v) is 2.14. The molecule has 0 unspecified atom stereocenters. The van der Waals surface area contributed by atoms with Gasteiger partial charge in [0.15, 0.2) is 0 Å². The number of carbonyl (C=O) groups excluding carboxylic acids is 1. The molecule has 0 aliphatic heterocycles. The third-order valence-electron chi connectivity index (χ3n) is 2.37. The third-order valence-corrected chi connectivity index (χ3v) is 3.20. The maximum atomic E-state index is 12.0. The monoisotopic (exact) mass is 268 g/mol. The summed E-state index contributed by atoms with van der Waals surface area (Å²) in [4.78, 5) is 18.0. The predicted octanol–water partition coefficient (Wildman–Crippen LogP) is 1.88. The van der Waals surface area contributed by atoms with Gasteiger partial charge in [0.2, 0.25) is 11.1 Å². The van der Waals surface area contributed by atoms with Crippen molar-refractivity contribution in [3.8, 4) is 0 Å². The first-order valence-corrected chi connectivity index (χ1v) is 7.01. The number of hydrogen-bond acceptors (Lipinski definition) is 4. The van der Waals surface area contributed by atoms with Crippen LogP contribution in [0.15, 0.2) is 17.3 Å². The quantitative estimate of drug-likeness (QED) is 0.606. The van der Waals surface area contributed by atoms with Gasteiger partial charge in [0.25, 0.3) is 0 Å². The topological polar surface area (TPSA) is 61.9 Å². The molecule has 0 aromatic carbocycles. The average molecular weight is 268 g/mol. The Hall–Kier alpha value is -1.30. The maximum absolute atomic E-state index is 12.0. The Morgan fingerprint density at radius 1 is 1.50 bits per heavy atom. The summed E-state index contributed by atoms with van der Waals surface area (Å²) in [6.07, 6.45) is 0.818. The zero-order valence-corrected chi connectivity index (χ0v) is 12.0. The largest absolute Gasteiger partial charge is 0.338 e. The number of rotatable bonds is 7. The van der Waals surface area contributed by atoms with Crippen molar-refractivity contribution in [3.63, 3.8) is 0 Å². The van der Waals surface area contributed by atoms with E-state index in [1.54, 1.807) is 4.90 Å². The van der Waals surface area contributed by atoms with E-state index in [-0.39, 0.29) is 5.91 Å². The lowest BCUT2D eigenvalue weighted by molar-refractivity contribution is -0.127. The molecule has 0 atom stereocenters. The molecule has 0 fully saturated rings. The summed E-state index contributed by atoms with van der Waals surface area (Å²) in [5.41, 5.74) is 0.987. The minimum Gasteiger partial charge on any atom is -0.338 e. The number of amides is 1. The van der Waals surface area contributed by atoms with Crippen LogP contribution < -0.4 is 0 Å². The highest BCUT2D eigenvalue weighted by molar-refractivity contribution is 7.99. The van der Waals surface area contributed by atoms with Gasteiger partial charge >= 0.3 is 0 Å². The van der Waals surface area contributed by atoms with E-state index < -0.39 is 0 Å². The van der Waals surface area contributed by atoms with Crippen molar-refractivity contribution in [1.29, 1.82) is 0 Å². The highest BCUT2D eigenvalue weighted by Crippen LogP contribution is 2.13. The smallest absolute Gasteiger partial charge is 0.233 e. The normalized spacial score (nSPS) is 10.4. The van der Waals surface area contributed by atoms with Gasteiger partial charge in [-0.25, -0.2) is 4.98 Å². The van der Waals surface area contributed by atoms with Crippen molar-refractivity contribution in [3.05, 3.63) is 18.0 Å². The van der Waals surface area contributed by atoms with Crippen LogP contribution in [0, 0.1) is 0 Å². The van der Waals surface area contributed by atoms with Gasteiger partial charge in [-0.3, -0.25) is 9.89 Å². The van der Waals surface area contributed by atoms with Crippen molar-refractivity contribution < 1.29 is 4.79 Å². The summed E-state index contributed by atoms with van der Waals surface area (Å²) in [6.45, 7) is 11.0. The molecule has 0 radical (unpaired) electrons. The molecule has 1 heterocycles. The van der Waals surface area contributed by atoms with Gasteiger partial charge < -0.3 is 4.90 Å². The van der Waals surface area contributed by atoms with Gasteiger partial charge in [-0.2, -0.15) is 0 Å². The molecule has 1 N–H and O–H groups in total. The molecule has 0 spiro atoms. The van der Waals surface area contributed by atoms with Crippen LogP contribution in [0.4, 0.5) is 0 Å². The molecule has 0 saturated heterocycles. The van der Waals surface area contributed by atoms with E-state index in [2.05, 4.69) is 21.8 Å². The first kappa shape index (κ1) is 14.8. The van der Waals surface area contributed by atoms with E-state index >= 15 is 0 Å². The van der Waals surface area contributed by atoms with Gasteiger partial charge in [0.05, 0.1) is 5.75 Å². The van der Waals surface area contributed by atoms with Crippen molar-refractivity contribution in [2.24, 2.45) is 0 Å². The number of H-pyrrole nitrogens is 1. The van der Waals surface area contributed by atoms with Crippen LogP contribution in [-0.4, -0.2) is 44.8 Å². The minimum atomic E-state index is 0.0911. The number of hydrogen-bond donors (Lipinski definition) is 1. The average Bonchev–Trinajstić information content (AvgIpc) is 2.80. The molecule has 0 aliphatic rings. The number of aryl methyl sites for hydroxylation is 1. The highest BCUT2D eigenvalue weighted by atomic mass is 32.2. The summed E-state index contributed by atoms with van der Waals surface area (Å²) in [5, 5.41) is 7.51. The molecular formula is C12H20N4OS. The molecule has 5 nitrogen and oxygen atoms in total. The lowest BCUT2D eigenvalue weighted by atomic mass is 10.3. The second-order valence-electron chi connectivity index (χ2n) is 4.07. The molecule has 1 rings (SSSR count). The third kappa shape index (κ3) is 4.52. The first-order valence-electron chi connectivity index (χ1n) is 6.03. The fraction of sp³-hybridized carbons (Fsp3) is 0.583. The van der Waals surface area contributed by atoms with Crippen LogP contribution >= 0.6 is 11.8 Å². The lowest BCUT2D eigenvalue weighted by Crippen LogP contribution is -2.33. The van der Waals surface area contributed by atoms with Gasteiger partial charge in [0.1, 0.15) is 5.82 Å². The standard InChI is InChI=1S/C12H20N4OS/c1-5-10-13-12(15-14-10)18-8-11(17)16(6-2)7-9(3)4/h3,5-8H2,1-2,4H3,(H,13,14,15). The Balaban J connectivity index is 2.46. The van der Waals surface area contributed by atoms with Crippen LogP contribution in [-0.2, 0) is 11.2 Å². The molecule has 0 bridgehead atoms. The van der Waals surface area contributed by atoms with Crippen molar-refractivity contribution in [2.75, 3.05) is 18.8 Å². The van der Waals surface area contributed by atoms with E-state index in [0.717, 1.165) is 17.8 Å². The second-order valence-corrected chi connectivity index (χ2v) is 5.01. The molecular weight excluding hydrogens is 248 g/mol. The molecule has 1 amide bonds. The van der Waals surface area contributed by atoms with E-state index in [0.29, 0.717) is 24.0 Å². The number of nitrogens with zero attached hydrogens (tertiary/aromatic N) is 3. The Bertz CT molecular complexity index is 416. The predicted molar refractivity (Wildman–Crippen MR) is 73.6 cm³/mol. The molecule has 6 heteroatoms. The van der Waals surface area contributed by atoms with Crippen LogP contribution in [0.25, 0.3) is 0 Å². The second kappa shape index (κ2) is 7.20. The molecule has 0 aliphatic carbocycles. The van der Waals surface area contributed by atoms with E-state index in [4.69, 9.17) is 0 Å². The Morgan fingerprint density at radius 2 is 2.22 bits per heavy atom. The van der Waals surface area contributed by atoms with Gasteiger partial charge in [-0.15, -0.1) is 5.10 Å². The van der Waals surface area contributed by atoms with E-state index in [1.807, 2.05) is 20.8 Å². The Morgan fingerprint density at radius 3 is 2.72 bits per heavy atom. The summed E-state index contributed by atoms with van der Waals surface area (Å²) < 4.78 is 0. The van der Waals surface area contributed by atoms with Gasteiger partial charge in [-0.05, 0) is 13.8 Å². The molecule has 18 heavy (non-hydrogen) atoms. The fourth-order valence-electron chi connectivity index (χ4n) is 1.42. The number of thioether (sulfide) groups is 1. The van der Waals surface area contributed by atoms with E-state index in [1.165, 1.54) is 11.8 Å². The zero-order chi connectivity index (χ0) is 13.5. The molecule has 1 aromatic heterocycles. The number of aromatic amines is 1. The first-order chi connectivity index (χ1) is 8.56.